The molecule has 1 fully saturated rings. The number of nitrogens with one attached hydrogen (secondary N) is 1. The average molecular weight is 178 g/mol. The van der Waals surface area contributed by atoms with Gasteiger partial charge in [0.2, 0.25) is 5.91 Å². The summed E-state index contributed by atoms with van der Waals surface area (Å²) in [5, 5.41) is 3.24. The Hall–Kier alpha value is -1.25. The Morgan fingerprint density at radius 1 is 1.62 bits per heavy atom. The average Bonchev–Trinajstić information content (AvgIpc) is 2.36. The van der Waals surface area contributed by atoms with Gasteiger partial charge in [-0.05, 0) is 18.9 Å². The molecule has 0 aromatic rings. The van der Waals surface area contributed by atoms with Crippen LogP contribution in [-0.4, -0.2) is 12.5 Å². The van der Waals surface area contributed by atoms with E-state index in [-0.39, 0.29) is 11.8 Å². The summed E-state index contributed by atoms with van der Waals surface area (Å²) in [5.41, 5.74) is 6.51. The van der Waals surface area contributed by atoms with Crippen molar-refractivity contribution in [2.75, 3.05) is 6.54 Å². The van der Waals surface area contributed by atoms with E-state index in [9.17, 15) is 4.79 Å². The number of carbonyl (C=O) groups excluding carboxylic acids is 1. The van der Waals surface area contributed by atoms with Crippen LogP contribution in [0.2, 0.25) is 0 Å². The molecule has 3 N–H and O–H groups in total. The summed E-state index contributed by atoms with van der Waals surface area (Å²) in [6.07, 6.45) is 8.30. The van der Waals surface area contributed by atoms with E-state index in [1.165, 1.54) is 5.70 Å². The van der Waals surface area contributed by atoms with Crippen molar-refractivity contribution < 1.29 is 4.79 Å². The molecule has 70 valence electrons. The zero-order valence-electron chi connectivity index (χ0n) is 7.49. The van der Waals surface area contributed by atoms with E-state index in [2.05, 4.69) is 17.5 Å². The van der Waals surface area contributed by atoms with E-state index in [0.717, 1.165) is 12.8 Å². The van der Waals surface area contributed by atoms with Crippen molar-refractivity contribution in [2.45, 2.75) is 12.8 Å². The maximum atomic E-state index is 11.1. The van der Waals surface area contributed by atoms with E-state index in [1.807, 2.05) is 6.08 Å². The van der Waals surface area contributed by atoms with Gasteiger partial charge < -0.3 is 11.1 Å². The van der Waals surface area contributed by atoms with Gasteiger partial charge in [-0.3, -0.25) is 4.79 Å². The van der Waals surface area contributed by atoms with Gasteiger partial charge >= 0.3 is 0 Å². The summed E-state index contributed by atoms with van der Waals surface area (Å²) in [6, 6.07) is 0. The number of rotatable bonds is 1. The number of primary amides is 1. The van der Waals surface area contributed by atoms with E-state index >= 15 is 0 Å². The summed E-state index contributed by atoms with van der Waals surface area (Å²) in [5.74, 6) is 0.140. The second-order valence-electron chi connectivity index (χ2n) is 3.62. The van der Waals surface area contributed by atoms with E-state index in [4.69, 9.17) is 5.73 Å². The number of fused-ring (bicyclic) bond motifs is 1. The van der Waals surface area contributed by atoms with Gasteiger partial charge in [0, 0.05) is 18.2 Å². The molecule has 13 heavy (non-hydrogen) atoms. The first-order chi connectivity index (χ1) is 6.29. The molecule has 1 amide bonds. The van der Waals surface area contributed by atoms with Crippen LogP contribution in [0.4, 0.5) is 0 Å². The van der Waals surface area contributed by atoms with Gasteiger partial charge in [0.15, 0.2) is 0 Å². The monoisotopic (exact) mass is 178 g/mol. The SMILES string of the molecule is NC(=O)C1CNC2=CC=CCCC21. The summed E-state index contributed by atoms with van der Waals surface area (Å²) in [4.78, 5) is 11.1. The first-order valence-electron chi connectivity index (χ1n) is 4.69. The Morgan fingerprint density at radius 2 is 2.46 bits per heavy atom. The highest BCUT2D eigenvalue weighted by Crippen LogP contribution is 2.31. The molecule has 2 aliphatic rings. The molecule has 2 unspecified atom stereocenters. The van der Waals surface area contributed by atoms with Gasteiger partial charge in [0.05, 0.1) is 5.92 Å². The number of hydrogen-bond acceptors (Lipinski definition) is 2. The third kappa shape index (κ3) is 1.46. The molecule has 2 rings (SSSR count). The summed E-state index contributed by atoms with van der Waals surface area (Å²) < 4.78 is 0. The van der Waals surface area contributed by atoms with Gasteiger partial charge in [-0.25, -0.2) is 0 Å². The van der Waals surface area contributed by atoms with Crippen molar-refractivity contribution in [2.24, 2.45) is 17.6 Å². The molecule has 1 heterocycles. The summed E-state index contributed by atoms with van der Waals surface area (Å²) in [6.45, 7) is 0.708. The van der Waals surface area contributed by atoms with Crippen LogP contribution in [0.3, 0.4) is 0 Å². The maximum Gasteiger partial charge on any atom is 0.222 e. The lowest BCUT2D eigenvalue weighted by Crippen LogP contribution is -2.29. The lowest BCUT2D eigenvalue weighted by atomic mass is 9.89. The minimum atomic E-state index is -0.178. The van der Waals surface area contributed by atoms with Gasteiger partial charge in [0.1, 0.15) is 0 Å². The Kier molecular flexibility index (Phi) is 2.08. The zero-order valence-corrected chi connectivity index (χ0v) is 7.49. The molecule has 0 spiro atoms. The molecule has 0 aromatic heterocycles. The fourth-order valence-corrected chi connectivity index (χ4v) is 2.10. The van der Waals surface area contributed by atoms with Crippen LogP contribution < -0.4 is 11.1 Å². The van der Waals surface area contributed by atoms with Crippen LogP contribution in [0.25, 0.3) is 0 Å². The van der Waals surface area contributed by atoms with Crippen molar-refractivity contribution in [3.05, 3.63) is 23.9 Å². The predicted molar refractivity (Wildman–Crippen MR) is 50.6 cm³/mol. The van der Waals surface area contributed by atoms with E-state index in [1.54, 1.807) is 0 Å². The molecular weight excluding hydrogens is 164 g/mol. The van der Waals surface area contributed by atoms with E-state index < -0.39 is 0 Å². The Bertz CT molecular complexity index is 281. The van der Waals surface area contributed by atoms with Crippen molar-refractivity contribution >= 4 is 5.91 Å². The zero-order chi connectivity index (χ0) is 9.26. The molecule has 0 bridgehead atoms. The van der Waals surface area contributed by atoms with Crippen molar-refractivity contribution in [3.8, 4) is 0 Å². The van der Waals surface area contributed by atoms with Crippen molar-refractivity contribution in [3.63, 3.8) is 0 Å². The minimum absolute atomic E-state index is 0.00819. The molecular formula is C10H14N2O. The number of allylic oxidation sites excluding steroid dienone is 4. The number of nitrogens with two attached hydrogens (primary N) is 1. The Balaban J connectivity index is 2.19. The molecule has 3 heteroatoms. The molecule has 0 aromatic carbocycles. The fourth-order valence-electron chi connectivity index (χ4n) is 2.10. The highest BCUT2D eigenvalue weighted by Gasteiger charge is 2.34. The highest BCUT2D eigenvalue weighted by atomic mass is 16.1. The largest absolute Gasteiger partial charge is 0.387 e. The van der Waals surface area contributed by atoms with Crippen LogP contribution in [0, 0.1) is 11.8 Å². The number of amides is 1. The highest BCUT2D eigenvalue weighted by molar-refractivity contribution is 5.78. The quantitative estimate of drug-likeness (QED) is 0.615. The molecule has 1 saturated heterocycles. The first kappa shape index (κ1) is 8.35. The lowest BCUT2D eigenvalue weighted by molar-refractivity contribution is -0.122. The van der Waals surface area contributed by atoms with Gasteiger partial charge in [0.25, 0.3) is 0 Å². The first-order valence-corrected chi connectivity index (χ1v) is 4.69. The fraction of sp³-hybridized carbons (Fsp3) is 0.500. The second kappa shape index (κ2) is 3.24. The predicted octanol–water partition coefficient (Wildman–Crippen LogP) is 0.541. The van der Waals surface area contributed by atoms with E-state index in [0.29, 0.717) is 12.5 Å². The summed E-state index contributed by atoms with van der Waals surface area (Å²) >= 11 is 0. The lowest BCUT2D eigenvalue weighted by Gasteiger charge is -2.13. The molecule has 1 aliphatic heterocycles. The van der Waals surface area contributed by atoms with Crippen LogP contribution in [0.15, 0.2) is 23.9 Å². The van der Waals surface area contributed by atoms with Crippen molar-refractivity contribution in [1.29, 1.82) is 0 Å². The third-order valence-electron chi connectivity index (χ3n) is 2.83. The van der Waals surface area contributed by atoms with Crippen LogP contribution in [-0.2, 0) is 4.79 Å². The smallest absolute Gasteiger partial charge is 0.222 e. The van der Waals surface area contributed by atoms with Crippen LogP contribution in [0.1, 0.15) is 12.8 Å². The molecule has 0 saturated carbocycles. The number of hydrogen-bond donors (Lipinski definition) is 2. The second-order valence-corrected chi connectivity index (χ2v) is 3.62. The van der Waals surface area contributed by atoms with Gasteiger partial charge in [-0.15, -0.1) is 0 Å². The van der Waals surface area contributed by atoms with Gasteiger partial charge in [-0.2, -0.15) is 0 Å². The van der Waals surface area contributed by atoms with Gasteiger partial charge in [-0.1, -0.05) is 12.2 Å². The van der Waals surface area contributed by atoms with Crippen LogP contribution in [0.5, 0.6) is 0 Å². The van der Waals surface area contributed by atoms with Crippen LogP contribution >= 0.6 is 0 Å². The number of carbonyl (C=O) groups is 1. The van der Waals surface area contributed by atoms with Crippen molar-refractivity contribution in [1.82, 2.24) is 5.32 Å². The topological polar surface area (TPSA) is 55.1 Å². The molecule has 1 aliphatic carbocycles. The normalized spacial score (nSPS) is 31.5. The summed E-state index contributed by atoms with van der Waals surface area (Å²) in [7, 11) is 0. The molecule has 0 radical (unpaired) electrons. The molecule has 2 atom stereocenters. The standard InChI is InChI=1S/C10H14N2O/c11-10(13)8-6-12-9-5-3-1-2-4-7(8)9/h1,3,5,7-8,12H,2,4,6H2,(H2,11,13). The Labute approximate surface area is 77.7 Å². The third-order valence-corrected chi connectivity index (χ3v) is 2.83. The maximum absolute atomic E-state index is 11.1. The molecule has 3 nitrogen and oxygen atoms in total. The Morgan fingerprint density at radius 3 is 3.23 bits per heavy atom. The minimum Gasteiger partial charge on any atom is -0.387 e.